The number of nitrogens with one attached hydrogen (secondary N) is 1. The molecule has 0 bridgehead atoms. The summed E-state index contributed by atoms with van der Waals surface area (Å²) in [6, 6.07) is 17.0. The van der Waals surface area contributed by atoms with Gasteiger partial charge < -0.3 is 14.8 Å². The molecule has 0 atom stereocenters. The van der Waals surface area contributed by atoms with E-state index in [9.17, 15) is 18.0 Å². The summed E-state index contributed by atoms with van der Waals surface area (Å²) >= 11 is 0. The van der Waals surface area contributed by atoms with Crippen molar-refractivity contribution in [3.8, 4) is 17.0 Å². The molecule has 0 radical (unpaired) electrons. The maximum Gasteiger partial charge on any atom is 0.417 e. The lowest BCUT2D eigenvalue weighted by molar-refractivity contribution is -0.137. The van der Waals surface area contributed by atoms with Gasteiger partial charge in [-0.3, -0.25) is 0 Å². The molecule has 170 valence electrons. The van der Waals surface area contributed by atoms with E-state index in [0.717, 1.165) is 28.3 Å². The summed E-state index contributed by atoms with van der Waals surface area (Å²) in [4.78, 5) is 15.9. The van der Waals surface area contributed by atoms with Gasteiger partial charge in [0.25, 0.3) is 0 Å². The van der Waals surface area contributed by atoms with Gasteiger partial charge in [0.2, 0.25) is 5.88 Å². The van der Waals surface area contributed by atoms with Gasteiger partial charge in [-0.1, -0.05) is 60.7 Å². The zero-order valence-electron chi connectivity index (χ0n) is 17.7. The van der Waals surface area contributed by atoms with Crippen LogP contribution in [0.25, 0.3) is 17.2 Å². The molecule has 3 aromatic rings. The number of amides is 1. The van der Waals surface area contributed by atoms with E-state index >= 15 is 0 Å². The van der Waals surface area contributed by atoms with Crippen LogP contribution >= 0.6 is 0 Å². The van der Waals surface area contributed by atoms with Crippen LogP contribution in [0.3, 0.4) is 0 Å². The first kappa shape index (κ1) is 22.4. The van der Waals surface area contributed by atoms with Crippen molar-refractivity contribution in [1.82, 2.24) is 10.3 Å². The molecule has 5 nitrogen and oxygen atoms in total. The number of ether oxygens (including phenoxy) is 2. The number of hydrogen-bond donors (Lipinski definition) is 1. The normalized spacial score (nSPS) is 13.0. The Balaban J connectivity index is 1.35. The highest BCUT2D eigenvalue weighted by Gasteiger charge is 2.32. The summed E-state index contributed by atoms with van der Waals surface area (Å²) in [5, 5.41) is 2.58. The number of carbonyl (C=O) groups excluding carboxylic acids is 1. The highest BCUT2D eigenvalue weighted by Crippen LogP contribution is 2.44. The highest BCUT2D eigenvalue weighted by atomic mass is 19.4. The Bertz CT molecular complexity index is 1150. The van der Waals surface area contributed by atoms with E-state index in [0.29, 0.717) is 6.20 Å². The molecule has 1 aromatic heterocycles. The molecule has 1 heterocycles. The Hall–Kier alpha value is -3.81. The van der Waals surface area contributed by atoms with Gasteiger partial charge >= 0.3 is 12.3 Å². The second-order valence-corrected chi connectivity index (χ2v) is 7.43. The number of rotatable bonds is 6. The maximum absolute atomic E-state index is 12.9. The number of fused-ring (bicyclic) bond motifs is 3. The second-order valence-electron chi connectivity index (χ2n) is 7.43. The minimum atomic E-state index is -4.51. The van der Waals surface area contributed by atoms with E-state index in [1.165, 1.54) is 19.3 Å². The monoisotopic (exact) mass is 454 g/mol. The molecule has 0 spiro atoms. The molecular weight excluding hydrogens is 433 g/mol. The van der Waals surface area contributed by atoms with Crippen molar-refractivity contribution >= 4 is 12.2 Å². The van der Waals surface area contributed by atoms with Crippen LogP contribution in [0.5, 0.6) is 5.88 Å². The molecule has 2 aromatic carbocycles. The Morgan fingerprint density at radius 1 is 1.09 bits per heavy atom. The molecule has 1 aliphatic carbocycles. The average molecular weight is 454 g/mol. The van der Waals surface area contributed by atoms with Crippen LogP contribution in [0.15, 0.2) is 66.9 Å². The lowest BCUT2D eigenvalue weighted by Gasteiger charge is -2.14. The number of benzene rings is 2. The Labute approximate surface area is 188 Å². The van der Waals surface area contributed by atoms with Crippen LogP contribution in [-0.2, 0) is 10.9 Å². The standard InChI is InChI=1S/C25H21F3N2O3/c1-32-23-16(13-17(14-30-23)25(26,27)28)7-6-12-29-24(31)33-15-22-20-10-4-2-8-18(20)19-9-3-5-11-21(19)22/h2-11,13-14,22H,12,15H2,1H3,(H,29,31). The number of carbonyl (C=O) groups is 1. The smallest absolute Gasteiger partial charge is 0.417 e. The number of pyridine rings is 1. The van der Waals surface area contributed by atoms with Gasteiger partial charge in [0.05, 0.1) is 12.7 Å². The number of methoxy groups -OCH3 is 1. The van der Waals surface area contributed by atoms with Gasteiger partial charge in [-0.15, -0.1) is 0 Å². The van der Waals surface area contributed by atoms with Crippen LogP contribution in [-0.4, -0.2) is 31.3 Å². The summed E-state index contributed by atoms with van der Waals surface area (Å²) in [5.74, 6) is -0.000438. The molecule has 0 aliphatic heterocycles. The summed E-state index contributed by atoms with van der Waals surface area (Å²) < 4.78 is 49.2. The fraction of sp³-hybridized carbons (Fsp3) is 0.200. The number of alkyl halides is 3. The van der Waals surface area contributed by atoms with Crippen molar-refractivity contribution < 1.29 is 27.4 Å². The molecule has 0 fully saturated rings. The Morgan fingerprint density at radius 3 is 2.33 bits per heavy atom. The van der Waals surface area contributed by atoms with Crippen LogP contribution in [0, 0.1) is 0 Å². The molecule has 33 heavy (non-hydrogen) atoms. The summed E-state index contributed by atoms with van der Waals surface area (Å²) in [5.41, 5.74) is 3.75. The Kier molecular flexibility index (Phi) is 6.35. The number of hydrogen-bond acceptors (Lipinski definition) is 4. The largest absolute Gasteiger partial charge is 0.481 e. The Morgan fingerprint density at radius 2 is 1.73 bits per heavy atom. The quantitative estimate of drug-likeness (QED) is 0.522. The number of aromatic nitrogens is 1. The van der Waals surface area contributed by atoms with E-state index < -0.39 is 17.8 Å². The first-order valence-corrected chi connectivity index (χ1v) is 10.2. The number of alkyl carbamates (subject to hydrolysis) is 1. The predicted octanol–water partition coefficient (Wildman–Crippen LogP) is 5.66. The molecule has 0 unspecified atom stereocenters. The predicted molar refractivity (Wildman–Crippen MR) is 118 cm³/mol. The van der Waals surface area contributed by atoms with Gasteiger partial charge in [-0.2, -0.15) is 13.2 Å². The molecule has 4 rings (SSSR count). The first-order chi connectivity index (χ1) is 15.9. The summed E-state index contributed by atoms with van der Waals surface area (Å²) in [6.45, 7) is 0.241. The molecular formula is C25H21F3N2O3. The second kappa shape index (κ2) is 9.36. The topological polar surface area (TPSA) is 60.5 Å². The van der Waals surface area contributed by atoms with Gasteiger partial charge in [0.1, 0.15) is 6.61 Å². The minimum absolute atomic E-state index is 0.0559. The fourth-order valence-corrected chi connectivity index (χ4v) is 3.89. The lowest BCUT2D eigenvalue weighted by atomic mass is 9.98. The molecule has 1 aliphatic rings. The lowest BCUT2D eigenvalue weighted by Crippen LogP contribution is -2.26. The van der Waals surface area contributed by atoms with E-state index in [1.807, 2.05) is 36.4 Å². The molecule has 1 amide bonds. The van der Waals surface area contributed by atoms with Gasteiger partial charge in [0.15, 0.2) is 0 Å². The number of halogens is 3. The zero-order chi connectivity index (χ0) is 23.4. The SMILES string of the molecule is COc1ncc(C(F)(F)F)cc1C=CCNC(=O)OCC1c2ccccc2-c2ccccc21. The van der Waals surface area contributed by atoms with Crippen LogP contribution in [0.2, 0.25) is 0 Å². The third kappa shape index (κ3) is 4.84. The van der Waals surface area contributed by atoms with E-state index in [2.05, 4.69) is 22.4 Å². The molecule has 1 N–H and O–H groups in total. The summed E-state index contributed by atoms with van der Waals surface area (Å²) in [6.07, 6.45) is -1.51. The van der Waals surface area contributed by atoms with Crippen LogP contribution in [0.4, 0.5) is 18.0 Å². The third-order valence-electron chi connectivity index (χ3n) is 5.40. The minimum Gasteiger partial charge on any atom is -0.481 e. The van der Waals surface area contributed by atoms with Crippen molar-refractivity contribution in [3.05, 3.63) is 89.1 Å². The average Bonchev–Trinajstić information content (AvgIpc) is 3.13. The van der Waals surface area contributed by atoms with Crippen molar-refractivity contribution in [2.75, 3.05) is 20.3 Å². The van der Waals surface area contributed by atoms with Gasteiger partial charge in [0, 0.05) is 24.2 Å². The molecule has 8 heteroatoms. The van der Waals surface area contributed by atoms with Crippen molar-refractivity contribution in [2.45, 2.75) is 12.1 Å². The molecule has 0 saturated heterocycles. The highest BCUT2D eigenvalue weighted by molar-refractivity contribution is 5.79. The van der Waals surface area contributed by atoms with Crippen LogP contribution < -0.4 is 10.1 Å². The van der Waals surface area contributed by atoms with Gasteiger partial charge in [-0.05, 0) is 28.3 Å². The van der Waals surface area contributed by atoms with Gasteiger partial charge in [-0.25, -0.2) is 9.78 Å². The van der Waals surface area contributed by atoms with E-state index in [4.69, 9.17) is 9.47 Å². The van der Waals surface area contributed by atoms with Crippen molar-refractivity contribution in [2.24, 2.45) is 0 Å². The first-order valence-electron chi connectivity index (χ1n) is 10.2. The fourth-order valence-electron chi connectivity index (χ4n) is 3.89. The van der Waals surface area contributed by atoms with Crippen molar-refractivity contribution in [1.29, 1.82) is 0 Å². The van der Waals surface area contributed by atoms with E-state index in [-0.39, 0.29) is 30.5 Å². The third-order valence-corrected chi connectivity index (χ3v) is 5.40. The summed E-state index contributed by atoms with van der Waals surface area (Å²) in [7, 11) is 1.32. The van der Waals surface area contributed by atoms with E-state index in [1.54, 1.807) is 0 Å². The van der Waals surface area contributed by atoms with Crippen LogP contribution in [0.1, 0.15) is 28.2 Å². The maximum atomic E-state index is 12.9. The van der Waals surface area contributed by atoms with Crippen molar-refractivity contribution in [3.63, 3.8) is 0 Å². The molecule has 0 saturated carbocycles. The number of nitrogens with zero attached hydrogens (tertiary/aromatic N) is 1. The zero-order valence-corrected chi connectivity index (χ0v) is 17.7.